The summed E-state index contributed by atoms with van der Waals surface area (Å²) in [6, 6.07) is 6.04. The van der Waals surface area contributed by atoms with Crippen LogP contribution in [0.15, 0.2) is 18.2 Å². The van der Waals surface area contributed by atoms with Gasteiger partial charge in [0.05, 0.1) is 13.7 Å². The lowest BCUT2D eigenvalue weighted by Gasteiger charge is -2.31. The number of methoxy groups -OCH3 is 1. The SMILES string of the molecule is COc1ccc2c(c1)OCC(C)(C)C2. The van der Waals surface area contributed by atoms with Crippen molar-refractivity contribution in [3.8, 4) is 11.5 Å². The Morgan fingerprint density at radius 3 is 2.86 bits per heavy atom. The molecule has 0 unspecified atom stereocenters. The number of ether oxygens (including phenoxy) is 2. The van der Waals surface area contributed by atoms with Gasteiger partial charge in [-0.2, -0.15) is 0 Å². The third-order valence-corrected chi connectivity index (χ3v) is 2.56. The third-order valence-electron chi connectivity index (χ3n) is 2.56. The van der Waals surface area contributed by atoms with E-state index >= 15 is 0 Å². The summed E-state index contributed by atoms with van der Waals surface area (Å²) in [5.41, 5.74) is 1.53. The first-order valence-corrected chi connectivity index (χ1v) is 4.90. The highest BCUT2D eigenvalue weighted by Crippen LogP contribution is 2.35. The molecule has 14 heavy (non-hydrogen) atoms. The van der Waals surface area contributed by atoms with Gasteiger partial charge in [0.15, 0.2) is 0 Å². The predicted molar refractivity (Wildman–Crippen MR) is 56.0 cm³/mol. The minimum Gasteiger partial charge on any atom is -0.497 e. The van der Waals surface area contributed by atoms with E-state index in [0.717, 1.165) is 24.5 Å². The van der Waals surface area contributed by atoms with Gasteiger partial charge >= 0.3 is 0 Å². The van der Waals surface area contributed by atoms with Gasteiger partial charge in [-0.25, -0.2) is 0 Å². The summed E-state index contributed by atoms with van der Waals surface area (Å²) in [4.78, 5) is 0. The zero-order chi connectivity index (χ0) is 10.2. The summed E-state index contributed by atoms with van der Waals surface area (Å²) in [7, 11) is 1.68. The van der Waals surface area contributed by atoms with E-state index in [1.807, 2.05) is 12.1 Å². The fourth-order valence-electron chi connectivity index (χ4n) is 1.78. The van der Waals surface area contributed by atoms with Crippen molar-refractivity contribution in [2.45, 2.75) is 20.3 Å². The lowest BCUT2D eigenvalue weighted by molar-refractivity contribution is 0.154. The van der Waals surface area contributed by atoms with Gasteiger partial charge in [0, 0.05) is 11.5 Å². The molecule has 0 spiro atoms. The zero-order valence-electron chi connectivity index (χ0n) is 8.96. The average molecular weight is 192 g/mol. The van der Waals surface area contributed by atoms with Crippen molar-refractivity contribution in [1.29, 1.82) is 0 Å². The minimum absolute atomic E-state index is 0.252. The van der Waals surface area contributed by atoms with Gasteiger partial charge in [0.25, 0.3) is 0 Å². The van der Waals surface area contributed by atoms with Gasteiger partial charge in [0.2, 0.25) is 0 Å². The van der Waals surface area contributed by atoms with Crippen molar-refractivity contribution in [3.63, 3.8) is 0 Å². The highest BCUT2D eigenvalue weighted by Gasteiger charge is 2.26. The van der Waals surface area contributed by atoms with Crippen molar-refractivity contribution >= 4 is 0 Å². The molecule has 0 radical (unpaired) electrons. The molecule has 0 aliphatic carbocycles. The van der Waals surface area contributed by atoms with Gasteiger partial charge in [-0.3, -0.25) is 0 Å². The van der Waals surface area contributed by atoms with Crippen LogP contribution in [0.5, 0.6) is 11.5 Å². The number of hydrogen-bond acceptors (Lipinski definition) is 2. The molecule has 76 valence electrons. The first-order chi connectivity index (χ1) is 6.61. The number of hydrogen-bond donors (Lipinski definition) is 0. The molecule has 2 nitrogen and oxygen atoms in total. The van der Waals surface area contributed by atoms with Crippen molar-refractivity contribution in [1.82, 2.24) is 0 Å². The van der Waals surface area contributed by atoms with Crippen LogP contribution in [-0.2, 0) is 6.42 Å². The molecule has 1 aliphatic rings. The molecule has 0 N–H and O–H groups in total. The molecule has 0 aromatic heterocycles. The summed E-state index contributed by atoms with van der Waals surface area (Å²) in [6.45, 7) is 5.23. The van der Waals surface area contributed by atoms with Gasteiger partial charge in [-0.1, -0.05) is 19.9 Å². The van der Waals surface area contributed by atoms with Crippen molar-refractivity contribution in [2.24, 2.45) is 5.41 Å². The molecule has 0 bridgehead atoms. The monoisotopic (exact) mass is 192 g/mol. The Kier molecular flexibility index (Phi) is 2.14. The van der Waals surface area contributed by atoms with Crippen molar-refractivity contribution < 1.29 is 9.47 Å². The van der Waals surface area contributed by atoms with E-state index in [1.165, 1.54) is 5.56 Å². The van der Waals surface area contributed by atoms with E-state index in [1.54, 1.807) is 7.11 Å². The van der Waals surface area contributed by atoms with Gasteiger partial charge in [-0.15, -0.1) is 0 Å². The molecule has 1 aromatic carbocycles. The first kappa shape index (κ1) is 9.38. The van der Waals surface area contributed by atoms with Crippen LogP contribution in [0.2, 0.25) is 0 Å². The fourth-order valence-corrected chi connectivity index (χ4v) is 1.78. The van der Waals surface area contributed by atoms with Crippen LogP contribution in [0.3, 0.4) is 0 Å². The molecule has 2 rings (SSSR count). The van der Waals surface area contributed by atoms with Crippen molar-refractivity contribution in [2.75, 3.05) is 13.7 Å². The minimum atomic E-state index is 0.252. The average Bonchev–Trinajstić information content (AvgIpc) is 2.16. The summed E-state index contributed by atoms with van der Waals surface area (Å²) < 4.78 is 10.9. The lowest BCUT2D eigenvalue weighted by Crippen LogP contribution is -2.28. The Morgan fingerprint density at radius 1 is 1.36 bits per heavy atom. The number of benzene rings is 1. The fraction of sp³-hybridized carbons (Fsp3) is 0.500. The number of fused-ring (bicyclic) bond motifs is 1. The van der Waals surface area contributed by atoms with E-state index in [4.69, 9.17) is 9.47 Å². The van der Waals surface area contributed by atoms with Gasteiger partial charge < -0.3 is 9.47 Å². The van der Waals surface area contributed by atoms with Gasteiger partial charge in [0.1, 0.15) is 11.5 Å². The van der Waals surface area contributed by atoms with Crippen LogP contribution in [0.1, 0.15) is 19.4 Å². The Hall–Kier alpha value is -1.18. The van der Waals surface area contributed by atoms with E-state index in [-0.39, 0.29) is 5.41 Å². The standard InChI is InChI=1S/C12H16O2/c1-12(2)7-9-4-5-10(13-3)6-11(9)14-8-12/h4-6H,7-8H2,1-3H3. The number of rotatable bonds is 1. The van der Waals surface area contributed by atoms with E-state index in [9.17, 15) is 0 Å². The molecule has 0 fully saturated rings. The molecule has 0 atom stereocenters. The van der Waals surface area contributed by atoms with Crippen LogP contribution in [-0.4, -0.2) is 13.7 Å². The molecule has 1 aliphatic heterocycles. The second-order valence-corrected chi connectivity index (χ2v) is 4.60. The second kappa shape index (κ2) is 3.19. The molecule has 0 amide bonds. The van der Waals surface area contributed by atoms with Crippen LogP contribution >= 0.6 is 0 Å². The molecule has 1 heterocycles. The topological polar surface area (TPSA) is 18.5 Å². The Bertz CT molecular complexity index is 342. The maximum atomic E-state index is 5.70. The van der Waals surface area contributed by atoms with Crippen LogP contribution < -0.4 is 9.47 Å². The highest BCUT2D eigenvalue weighted by molar-refractivity contribution is 5.42. The maximum absolute atomic E-state index is 5.70. The van der Waals surface area contributed by atoms with E-state index in [0.29, 0.717) is 0 Å². The Balaban J connectivity index is 2.32. The molecule has 2 heteroatoms. The van der Waals surface area contributed by atoms with Crippen molar-refractivity contribution in [3.05, 3.63) is 23.8 Å². The van der Waals surface area contributed by atoms with Crippen LogP contribution in [0, 0.1) is 5.41 Å². The van der Waals surface area contributed by atoms with E-state index < -0.39 is 0 Å². The van der Waals surface area contributed by atoms with E-state index in [2.05, 4.69) is 19.9 Å². The zero-order valence-corrected chi connectivity index (χ0v) is 8.96. The quantitative estimate of drug-likeness (QED) is 0.681. The highest BCUT2D eigenvalue weighted by atomic mass is 16.5. The summed E-state index contributed by atoms with van der Waals surface area (Å²) >= 11 is 0. The summed E-state index contributed by atoms with van der Waals surface area (Å²) in [6.07, 6.45) is 1.08. The van der Waals surface area contributed by atoms with Gasteiger partial charge in [-0.05, 0) is 18.1 Å². The smallest absolute Gasteiger partial charge is 0.126 e. The van der Waals surface area contributed by atoms with Crippen LogP contribution in [0.4, 0.5) is 0 Å². The largest absolute Gasteiger partial charge is 0.497 e. The molecular formula is C12H16O2. The first-order valence-electron chi connectivity index (χ1n) is 4.90. The summed E-state index contributed by atoms with van der Waals surface area (Å²) in [5, 5.41) is 0. The second-order valence-electron chi connectivity index (χ2n) is 4.60. The third kappa shape index (κ3) is 1.69. The normalized spacial score (nSPS) is 18.2. The molecule has 1 aromatic rings. The predicted octanol–water partition coefficient (Wildman–Crippen LogP) is 2.66. The Morgan fingerprint density at radius 2 is 2.14 bits per heavy atom. The maximum Gasteiger partial charge on any atom is 0.126 e. The lowest BCUT2D eigenvalue weighted by atomic mass is 9.84. The molecule has 0 saturated heterocycles. The summed E-state index contributed by atoms with van der Waals surface area (Å²) in [5.74, 6) is 1.84. The Labute approximate surface area is 84.8 Å². The van der Waals surface area contributed by atoms with Crippen LogP contribution in [0.25, 0.3) is 0 Å². The molecular weight excluding hydrogens is 176 g/mol. The molecule has 0 saturated carbocycles.